The SMILES string of the molecule is NC(=O)CCCNc1cc(-c2ccccc2F)nc2c(Br)cnn12. The molecule has 3 rings (SSSR count). The van der Waals surface area contributed by atoms with Crippen LogP contribution in [0.1, 0.15) is 12.8 Å². The molecule has 1 aromatic carbocycles. The highest BCUT2D eigenvalue weighted by atomic mass is 79.9. The van der Waals surface area contributed by atoms with E-state index in [-0.39, 0.29) is 11.7 Å². The quantitative estimate of drug-likeness (QED) is 0.632. The molecule has 8 heteroatoms. The molecule has 0 atom stereocenters. The fourth-order valence-corrected chi connectivity index (χ4v) is 2.70. The fourth-order valence-electron chi connectivity index (χ4n) is 2.35. The summed E-state index contributed by atoms with van der Waals surface area (Å²) in [5.41, 5.74) is 6.63. The van der Waals surface area contributed by atoms with E-state index in [4.69, 9.17) is 5.73 Å². The van der Waals surface area contributed by atoms with Crippen molar-refractivity contribution in [1.82, 2.24) is 14.6 Å². The van der Waals surface area contributed by atoms with Gasteiger partial charge < -0.3 is 11.1 Å². The Morgan fingerprint density at radius 3 is 2.92 bits per heavy atom. The first-order chi connectivity index (χ1) is 11.6. The van der Waals surface area contributed by atoms with Gasteiger partial charge in [-0.05, 0) is 34.5 Å². The molecule has 2 aromatic heterocycles. The van der Waals surface area contributed by atoms with Gasteiger partial charge in [-0.25, -0.2) is 9.37 Å². The maximum absolute atomic E-state index is 14.1. The molecule has 2 heterocycles. The summed E-state index contributed by atoms with van der Waals surface area (Å²) >= 11 is 3.40. The van der Waals surface area contributed by atoms with Gasteiger partial charge in [0.1, 0.15) is 11.6 Å². The Hall–Kier alpha value is -2.48. The minimum Gasteiger partial charge on any atom is -0.370 e. The second kappa shape index (κ2) is 6.96. The zero-order valence-electron chi connectivity index (χ0n) is 12.7. The van der Waals surface area contributed by atoms with E-state index in [1.54, 1.807) is 35.0 Å². The first kappa shape index (κ1) is 16.4. The number of amides is 1. The predicted molar refractivity (Wildman–Crippen MR) is 93.0 cm³/mol. The van der Waals surface area contributed by atoms with Gasteiger partial charge in [0.2, 0.25) is 5.91 Å². The van der Waals surface area contributed by atoms with Crippen LogP contribution in [-0.4, -0.2) is 27.0 Å². The molecule has 3 aromatic rings. The van der Waals surface area contributed by atoms with Crippen LogP contribution in [0.15, 0.2) is 41.0 Å². The summed E-state index contributed by atoms with van der Waals surface area (Å²) in [4.78, 5) is 15.3. The van der Waals surface area contributed by atoms with Crippen LogP contribution in [-0.2, 0) is 4.79 Å². The van der Waals surface area contributed by atoms with Crippen molar-refractivity contribution in [3.8, 4) is 11.3 Å². The molecule has 3 N–H and O–H groups in total. The van der Waals surface area contributed by atoms with Crippen LogP contribution < -0.4 is 11.1 Å². The summed E-state index contributed by atoms with van der Waals surface area (Å²) in [6, 6.07) is 8.20. The number of nitrogens with one attached hydrogen (secondary N) is 1. The van der Waals surface area contributed by atoms with Crippen molar-refractivity contribution >= 4 is 33.3 Å². The fraction of sp³-hybridized carbons (Fsp3) is 0.188. The molecular formula is C16H15BrFN5O. The van der Waals surface area contributed by atoms with Crippen LogP contribution >= 0.6 is 15.9 Å². The molecule has 1 amide bonds. The second-order valence-corrected chi connectivity index (χ2v) is 6.09. The second-order valence-electron chi connectivity index (χ2n) is 5.23. The van der Waals surface area contributed by atoms with E-state index in [1.165, 1.54) is 6.07 Å². The standard InChI is InChI=1S/C16H15BrFN5O/c17-11-9-21-23-15(20-7-3-6-14(19)24)8-13(22-16(11)23)10-4-1-2-5-12(10)18/h1-2,4-5,8-9,20H,3,6-7H2,(H2,19,24). The van der Waals surface area contributed by atoms with Crippen molar-refractivity contribution in [1.29, 1.82) is 0 Å². The number of hydrogen-bond acceptors (Lipinski definition) is 4. The smallest absolute Gasteiger partial charge is 0.217 e. The monoisotopic (exact) mass is 391 g/mol. The molecule has 0 saturated carbocycles. The number of aromatic nitrogens is 3. The van der Waals surface area contributed by atoms with E-state index in [9.17, 15) is 9.18 Å². The Morgan fingerprint density at radius 2 is 2.17 bits per heavy atom. The average molecular weight is 392 g/mol. The number of benzene rings is 1. The molecule has 0 spiro atoms. The van der Waals surface area contributed by atoms with Gasteiger partial charge in [0.25, 0.3) is 0 Å². The van der Waals surface area contributed by atoms with Gasteiger partial charge in [-0.2, -0.15) is 9.61 Å². The molecule has 0 bridgehead atoms. The number of fused-ring (bicyclic) bond motifs is 1. The molecule has 24 heavy (non-hydrogen) atoms. The van der Waals surface area contributed by atoms with E-state index in [2.05, 4.69) is 31.3 Å². The van der Waals surface area contributed by atoms with Gasteiger partial charge in [-0.15, -0.1) is 0 Å². The Kier molecular flexibility index (Phi) is 4.75. The van der Waals surface area contributed by atoms with Crippen molar-refractivity contribution < 1.29 is 9.18 Å². The summed E-state index contributed by atoms with van der Waals surface area (Å²) in [6.07, 6.45) is 2.52. The van der Waals surface area contributed by atoms with Gasteiger partial charge in [0.05, 0.1) is 16.4 Å². The predicted octanol–water partition coefficient (Wildman–Crippen LogP) is 2.98. The lowest BCUT2D eigenvalue weighted by Crippen LogP contribution is -2.14. The Balaban J connectivity index is 1.98. The highest BCUT2D eigenvalue weighted by Crippen LogP contribution is 2.27. The normalized spacial score (nSPS) is 10.9. The lowest BCUT2D eigenvalue weighted by atomic mass is 10.1. The van der Waals surface area contributed by atoms with Crippen molar-refractivity contribution in [3.05, 3.63) is 46.8 Å². The molecule has 0 aliphatic rings. The Labute approximate surface area is 146 Å². The number of primary amides is 1. The van der Waals surface area contributed by atoms with E-state index >= 15 is 0 Å². The number of rotatable bonds is 6. The van der Waals surface area contributed by atoms with Crippen molar-refractivity contribution in [2.24, 2.45) is 5.73 Å². The van der Waals surface area contributed by atoms with Crippen LogP contribution in [0.3, 0.4) is 0 Å². The number of anilines is 1. The average Bonchev–Trinajstić information content (AvgIpc) is 2.93. The molecule has 124 valence electrons. The molecule has 0 aliphatic heterocycles. The summed E-state index contributed by atoms with van der Waals surface area (Å²) in [5, 5.41) is 7.44. The zero-order chi connectivity index (χ0) is 17.1. The lowest BCUT2D eigenvalue weighted by Gasteiger charge is -2.11. The number of hydrogen-bond donors (Lipinski definition) is 2. The molecule has 6 nitrogen and oxygen atoms in total. The number of carbonyl (C=O) groups excluding carboxylic acids is 1. The van der Waals surface area contributed by atoms with Gasteiger partial charge in [-0.1, -0.05) is 12.1 Å². The van der Waals surface area contributed by atoms with Crippen molar-refractivity contribution in [2.75, 3.05) is 11.9 Å². The van der Waals surface area contributed by atoms with Crippen molar-refractivity contribution in [3.63, 3.8) is 0 Å². The van der Waals surface area contributed by atoms with Crippen LogP contribution in [0.4, 0.5) is 10.2 Å². The van der Waals surface area contributed by atoms with Gasteiger partial charge in [0, 0.05) is 24.6 Å². The summed E-state index contributed by atoms with van der Waals surface area (Å²) in [6.45, 7) is 0.538. The van der Waals surface area contributed by atoms with E-state index in [0.29, 0.717) is 46.6 Å². The molecule has 0 radical (unpaired) electrons. The third-order valence-electron chi connectivity index (χ3n) is 3.48. The molecule has 0 fully saturated rings. The van der Waals surface area contributed by atoms with Crippen LogP contribution in [0.2, 0.25) is 0 Å². The number of halogens is 2. The van der Waals surface area contributed by atoms with Gasteiger partial charge >= 0.3 is 0 Å². The summed E-state index contributed by atoms with van der Waals surface area (Å²) < 4.78 is 16.4. The van der Waals surface area contributed by atoms with Gasteiger partial charge in [-0.3, -0.25) is 4.79 Å². The first-order valence-electron chi connectivity index (χ1n) is 7.37. The minimum absolute atomic E-state index is 0.296. The van der Waals surface area contributed by atoms with Crippen LogP contribution in [0, 0.1) is 5.82 Å². The van der Waals surface area contributed by atoms with E-state index in [0.717, 1.165) is 0 Å². The number of carbonyl (C=O) groups is 1. The molecule has 0 unspecified atom stereocenters. The topological polar surface area (TPSA) is 85.3 Å². The summed E-state index contributed by atoms with van der Waals surface area (Å²) in [5.74, 6) is -0.0244. The molecule has 0 saturated heterocycles. The molecular weight excluding hydrogens is 377 g/mol. The van der Waals surface area contributed by atoms with Crippen molar-refractivity contribution in [2.45, 2.75) is 12.8 Å². The highest BCUT2D eigenvalue weighted by molar-refractivity contribution is 9.10. The maximum Gasteiger partial charge on any atom is 0.217 e. The minimum atomic E-state index is -0.343. The van der Waals surface area contributed by atoms with Crippen LogP contribution in [0.5, 0.6) is 0 Å². The van der Waals surface area contributed by atoms with E-state index in [1.807, 2.05) is 0 Å². The maximum atomic E-state index is 14.1. The number of nitrogens with zero attached hydrogens (tertiary/aromatic N) is 3. The van der Waals surface area contributed by atoms with E-state index < -0.39 is 0 Å². The highest BCUT2D eigenvalue weighted by Gasteiger charge is 2.13. The molecule has 0 aliphatic carbocycles. The largest absolute Gasteiger partial charge is 0.370 e. The first-order valence-corrected chi connectivity index (χ1v) is 8.17. The lowest BCUT2D eigenvalue weighted by molar-refractivity contribution is -0.118. The van der Waals surface area contributed by atoms with Gasteiger partial charge in [0.15, 0.2) is 5.65 Å². The number of nitrogens with two attached hydrogens (primary N) is 1. The third-order valence-corrected chi connectivity index (χ3v) is 4.04. The zero-order valence-corrected chi connectivity index (χ0v) is 14.3. The third kappa shape index (κ3) is 3.38. The summed E-state index contributed by atoms with van der Waals surface area (Å²) in [7, 11) is 0. The Morgan fingerprint density at radius 1 is 1.38 bits per heavy atom. The Bertz CT molecular complexity index is 895. The van der Waals surface area contributed by atoms with Crippen LogP contribution in [0.25, 0.3) is 16.9 Å².